The lowest BCUT2D eigenvalue weighted by atomic mass is 10.1. The molecule has 0 unspecified atom stereocenters. The van der Waals surface area contributed by atoms with E-state index in [0.29, 0.717) is 29.2 Å². The Morgan fingerprint density at radius 2 is 1.71 bits per heavy atom. The third-order valence-electron chi connectivity index (χ3n) is 5.21. The van der Waals surface area contributed by atoms with Crippen molar-refractivity contribution < 1.29 is 17.9 Å². The highest BCUT2D eigenvalue weighted by Gasteiger charge is 2.15. The van der Waals surface area contributed by atoms with Gasteiger partial charge in [0.2, 0.25) is 15.9 Å². The molecule has 0 saturated heterocycles. The van der Waals surface area contributed by atoms with Crippen LogP contribution in [0, 0.1) is 0 Å². The van der Waals surface area contributed by atoms with Crippen molar-refractivity contribution in [2.45, 2.75) is 20.3 Å². The van der Waals surface area contributed by atoms with Crippen LogP contribution in [-0.2, 0) is 14.8 Å². The van der Waals surface area contributed by atoms with Gasteiger partial charge in [-0.25, -0.2) is 13.4 Å². The van der Waals surface area contributed by atoms with Gasteiger partial charge >= 0.3 is 0 Å². The van der Waals surface area contributed by atoms with E-state index < -0.39 is 10.0 Å². The van der Waals surface area contributed by atoms with Crippen molar-refractivity contribution in [1.29, 1.82) is 0 Å². The zero-order valence-corrected chi connectivity index (χ0v) is 20.0. The summed E-state index contributed by atoms with van der Waals surface area (Å²) in [6.07, 6.45) is 0.526. The number of methoxy groups -OCH3 is 1. The first-order chi connectivity index (χ1) is 16.3. The number of aromatic nitrogens is 1. The number of carbonyl (C=O) groups is 1. The van der Waals surface area contributed by atoms with Gasteiger partial charge in [-0.2, -0.15) is 0 Å². The molecule has 34 heavy (non-hydrogen) atoms. The van der Waals surface area contributed by atoms with Crippen molar-refractivity contribution in [2.75, 3.05) is 28.2 Å². The summed E-state index contributed by atoms with van der Waals surface area (Å²) in [7, 11) is -1.88. The maximum absolute atomic E-state index is 12.2. The Hall–Kier alpha value is -3.85. The van der Waals surface area contributed by atoms with Gasteiger partial charge < -0.3 is 15.4 Å². The fourth-order valence-corrected chi connectivity index (χ4v) is 4.93. The summed E-state index contributed by atoms with van der Waals surface area (Å²) in [5.74, 6) is 0.378. The van der Waals surface area contributed by atoms with Crippen LogP contribution < -0.4 is 20.1 Å². The normalized spacial score (nSPS) is 11.4. The van der Waals surface area contributed by atoms with E-state index in [1.54, 1.807) is 18.2 Å². The van der Waals surface area contributed by atoms with Gasteiger partial charge in [0.15, 0.2) is 0 Å². The Morgan fingerprint density at radius 3 is 2.44 bits per heavy atom. The minimum Gasteiger partial charge on any atom is -0.494 e. The number of nitrogens with one attached hydrogen (secondary N) is 3. The van der Waals surface area contributed by atoms with Crippen LogP contribution in [-0.4, -0.2) is 32.2 Å². The van der Waals surface area contributed by atoms with Gasteiger partial charge in [-0.1, -0.05) is 25.1 Å². The molecule has 0 spiro atoms. The van der Waals surface area contributed by atoms with Crippen molar-refractivity contribution >= 4 is 60.5 Å². The lowest BCUT2D eigenvalue weighted by Crippen LogP contribution is -2.16. The second kappa shape index (κ2) is 9.56. The third-order valence-corrected chi connectivity index (χ3v) is 6.70. The summed E-state index contributed by atoms with van der Waals surface area (Å²) < 4.78 is 32.5. The molecule has 0 aliphatic heterocycles. The molecule has 176 valence electrons. The Balaban J connectivity index is 1.79. The minimum absolute atomic E-state index is 0.0464. The molecule has 4 rings (SSSR count). The number of anilines is 4. The molecule has 4 aromatic rings. The second-order valence-corrected chi connectivity index (χ2v) is 9.72. The van der Waals surface area contributed by atoms with E-state index in [-0.39, 0.29) is 11.7 Å². The lowest BCUT2D eigenvalue weighted by molar-refractivity contribution is -0.114. The number of carbonyl (C=O) groups excluding carboxylic acids is 1. The molecule has 3 N–H and O–H groups in total. The Morgan fingerprint density at radius 1 is 0.971 bits per heavy atom. The van der Waals surface area contributed by atoms with Crippen LogP contribution in [0.1, 0.15) is 20.3 Å². The van der Waals surface area contributed by atoms with E-state index in [2.05, 4.69) is 15.4 Å². The number of pyridine rings is 1. The fraction of sp³-hybridized carbons (Fsp3) is 0.200. The zero-order valence-electron chi connectivity index (χ0n) is 19.2. The highest BCUT2D eigenvalue weighted by atomic mass is 32.2. The highest BCUT2D eigenvalue weighted by molar-refractivity contribution is 7.92. The monoisotopic (exact) mass is 478 g/mol. The van der Waals surface area contributed by atoms with Crippen LogP contribution in [0.4, 0.5) is 22.7 Å². The van der Waals surface area contributed by atoms with Gasteiger partial charge in [0.05, 0.1) is 41.0 Å². The minimum atomic E-state index is -3.42. The maximum Gasteiger partial charge on any atom is 0.232 e. The highest BCUT2D eigenvalue weighted by Crippen LogP contribution is 2.37. The standard InChI is InChI=1S/C25H26N4O4S/c1-4-13-34(31,32)29-18-10-12-22(24(15-18)33-3)28-25-19-7-5-6-8-21(19)27-23-14-17(26-16(2)30)9-11-20(23)25/h5-12,14-15,29H,4,13H2,1-3H3,(H,26,30)(H,27,28). The molecule has 1 heterocycles. The largest absolute Gasteiger partial charge is 0.494 e. The molecule has 0 fully saturated rings. The molecular weight excluding hydrogens is 452 g/mol. The van der Waals surface area contributed by atoms with Gasteiger partial charge in [0.25, 0.3) is 0 Å². The van der Waals surface area contributed by atoms with Gasteiger partial charge in [-0.15, -0.1) is 0 Å². The number of rotatable bonds is 8. The van der Waals surface area contributed by atoms with Crippen molar-refractivity contribution in [2.24, 2.45) is 0 Å². The van der Waals surface area contributed by atoms with E-state index in [0.717, 1.165) is 27.5 Å². The number of para-hydroxylation sites is 1. The van der Waals surface area contributed by atoms with Crippen LogP contribution in [0.2, 0.25) is 0 Å². The Kier molecular flexibility index (Phi) is 6.56. The third kappa shape index (κ3) is 5.04. The molecule has 1 amide bonds. The van der Waals surface area contributed by atoms with Gasteiger partial charge in [-0.05, 0) is 42.8 Å². The maximum atomic E-state index is 12.2. The molecule has 0 radical (unpaired) electrons. The zero-order chi connectivity index (χ0) is 24.3. The van der Waals surface area contributed by atoms with E-state index in [4.69, 9.17) is 9.72 Å². The Bertz CT molecular complexity index is 1490. The predicted octanol–water partition coefficient (Wildman–Crippen LogP) is 5.25. The Labute approximate surface area is 198 Å². The van der Waals surface area contributed by atoms with Crippen molar-refractivity contribution in [3.63, 3.8) is 0 Å². The lowest BCUT2D eigenvalue weighted by Gasteiger charge is -2.17. The molecule has 0 atom stereocenters. The predicted molar refractivity (Wildman–Crippen MR) is 138 cm³/mol. The van der Waals surface area contributed by atoms with Gasteiger partial charge in [0.1, 0.15) is 5.75 Å². The first kappa shape index (κ1) is 23.3. The average molecular weight is 479 g/mol. The van der Waals surface area contributed by atoms with E-state index in [1.807, 2.05) is 49.4 Å². The molecule has 8 nitrogen and oxygen atoms in total. The number of fused-ring (bicyclic) bond motifs is 2. The quantitative estimate of drug-likeness (QED) is 0.298. The van der Waals surface area contributed by atoms with Crippen LogP contribution in [0.15, 0.2) is 60.7 Å². The number of amides is 1. The van der Waals surface area contributed by atoms with E-state index >= 15 is 0 Å². The van der Waals surface area contributed by atoms with Gasteiger partial charge in [0, 0.05) is 29.4 Å². The summed E-state index contributed by atoms with van der Waals surface area (Å²) in [4.78, 5) is 16.3. The van der Waals surface area contributed by atoms with Crippen LogP contribution in [0.25, 0.3) is 21.8 Å². The summed E-state index contributed by atoms with van der Waals surface area (Å²) in [6, 6.07) is 18.4. The molecule has 9 heteroatoms. The van der Waals surface area contributed by atoms with Crippen molar-refractivity contribution in [3.05, 3.63) is 60.7 Å². The number of hydrogen-bond acceptors (Lipinski definition) is 6. The summed E-state index contributed by atoms with van der Waals surface area (Å²) in [6.45, 7) is 3.28. The number of hydrogen-bond donors (Lipinski definition) is 3. The van der Waals surface area contributed by atoms with E-state index in [1.165, 1.54) is 14.0 Å². The fourth-order valence-electron chi connectivity index (χ4n) is 3.80. The molecule has 0 aliphatic rings. The summed E-state index contributed by atoms with van der Waals surface area (Å²) >= 11 is 0. The van der Waals surface area contributed by atoms with Crippen LogP contribution in [0.3, 0.4) is 0 Å². The second-order valence-electron chi connectivity index (χ2n) is 7.88. The van der Waals surface area contributed by atoms with Crippen molar-refractivity contribution in [3.8, 4) is 5.75 Å². The molecule has 3 aromatic carbocycles. The summed E-state index contributed by atoms with van der Waals surface area (Å²) in [5.41, 5.74) is 4.10. The number of ether oxygens (including phenoxy) is 1. The number of sulfonamides is 1. The topological polar surface area (TPSA) is 109 Å². The molecule has 0 aliphatic carbocycles. The van der Waals surface area contributed by atoms with Crippen LogP contribution >= 0.6 is 0 Å². The van der Waals surface area contributed by atoms with Gasteiger partial charge in [-0.3, -0.25) is 9.52 Å². The first-order valence-electron chi connectivity index (χ1n) is 10.9. The smallest absolute Gasteiger partial charge is 0.232 e. The first-order valence-corrected chi connectivity index (χ1v) is 12.5. The number of benzene rings is 3. The molecular formula is C25H26N4O4S. The average Bonchev–Trinajstić information content (AvgIpc) is 2.78. The number of nitrogens with zero attached hydrogens (tertiary/aromatic N) is 1. The summed E-state index contributed by atoms with van der Waals surface area (Å²) in [5, 5.41) is 8.02. The molecule has 0 saturated carbocycles. The van der Waals surface area contributed by atoms with E-state index in [9.17, 15) is 13.2 Å². The SMILES string of the molecule is CCCS(=O)(=O)Nc1ccc(Nc2c3ccccc3nc3cc(NC(C)=O)ccc23)c(OC)c1. The molecule has 1 aromatic heterocycles. The molecule has 0 bridgehead atoms. The van der Waals surface area contributed by atoms with Crippen LogP contribution in [0.5, 0.6) is 5.75 Å². The van der Waals surface area contributed by atoms with Crippen molar-refractivity contribution in [1.82, 2.24) is 4.98 Å².